The molecule has 6 nitrogen and oxygen atoms in total. The fourth-order valence-corrected chi connectivity index (χ4v) is 3.87. The molecule has 0 spiro atoms. The zero-order chi connectivity index (χ0) is 22.3. The summed E-state index contributed by atoms with van der Waals surface area (Å²) in [7, 11) is 0. The van der Waals surface area contributed by atoms with Crippen molar-refractivity contribution in [3.8, 4) is 5.75 Å². The van der Waals surface area contributed by atoms with E-state index in [2.05, 4.69) is 53.0 Å². The van der Waals surface area contributed by atoms with Crippen LogP contribution in [-0.2, 0) is 13.0 Å². The van der Waals surface area contributed by atoms with Gasteiger partial charge in [-0.15, -0.1) is 0 Å². The number of nitrogens with zero attached hydrogens (tertiary/aromatic N) is 3. The Morgan fingerprint density at radius 3 is 2.59 bits per heavy atom. The van der Waals surface area contributed by atoms with Crippen molar-refractivity contribution >= 4 is 16.9 Å². The number of carbonyl (C=O) groups excluding carboxylic acids is 1. The Morgan fingerprint density at radius 2 is 1.81 bits per heavy atom. The molecule has 2 aromatic heterocycles. The molecule has 6 heteroatoms. The third-order valence-electron chi connectivity index (χ3n) is 5.26. The van der Waals surface area contributed by atoms with E-state index < -0.39 is 0 Å². The highest BCUT2D eigenvalue weighted by Crippen LogP contribution is 2.19. The normalized spacial score (nSPS) is 10.9. The number of imidazole rings is 1. The molecule has 2 heterocycles. The van der Waals surface area contributed by atoms with E-state index >= 15 is 0 Å². The summed E-state index contributed by atoms with van der Waals surface area (Å²) in [6.45, 7) is 6.09. The molecule has 0 atom stereocenters. The van der Waals surface area contributed by atoms with Crippen molar-refractivity contribution in [2.75, 3.05) is 13.2 Å². The Balaban J connectivity index is 1.38. The topological polar surface area (TPSA) is 69.0 Å². The molecule has 0 unspecified atom stereocenters. The minimum Gasteiger partial charge on any atom is -0.494 e. The van der Waals surface area contributed by atoms with Gasteiger partial charge < -0.3 is 14.6 Å². The van der Waals surface area contributed by atoms with Crippen molar-refractivity contribution in [1.82, 2.24) is 19.9 Å². The number of pyridine rings is 1. The molecule has 1 N–H and O–H groups in total. The molecule has 4 aromatic rings. The summed E-state index contributed by atoms with van der Waals surface area (Å²) in [6.07, 6.45) is 3.13. The lowest BCUT2D eigenvalue weighted by Gasteiger charge is -2.12. The number of carbonyl (C=O) groups is 1. The average molecular weight is 429 g/mol. The van der Waals surface area contributed by atoms with E-state index in [1.54, 1.807) is 18.3 Å². The summed E-state index contributed by atoms with van der Waals surface area (Å²) in [4.78, 5) is 21.2. The van der Waals surface area contributed by atoms with Crippen molar-refractivity contribution in [3.05, 3.63) is 89.5 Å². The maximum absolute atomic E-state index is 12.3. The Hall–Kier alpha value is -3.67. The minimum absolute atomic E-state index is 0.171. The Morgan fingerprint density at radius 1 is 1.03 bits per heavy atom. The highest BCUT2D eigenvalue weighted by Gasteiger charge is 2.12. The number of amides is 1. The molecule has 4 rings (SSSR count). The molecule has 0 bridgehead atoms. The van der Waals surface area contributed by atoms with E-state index in [-0.39, 0.29) is 5.91 Å². The molecule has 0 saturated carbocycles. The standard InChI is InChI=1S/C26H28N4O2/c1-19-16-20(2)18-21(17-19)32-15-7-14-30-24-10-4-3-8-22(24)29-25(30)11-13-28-26(31)23-9-5-6-12-27-23/h3-6,8-10,12,16-18H,7,11,13-15H2,1-2H3,(H,28,31). The number of aryl methyl sites for hydroxylation is 3. The molecule has 164 valence electrons. The highest BCUT2D eigenvalue weighted by molar-refractivity contribution is 5.92. The van der Waals surface area contributed by atoms with Crippen molar-refractivity contribution in [1.29, 1.82) is 0 Å². The Kier molecular flexibility index (Phi) is 6.80. The second-order valence-corrected chi connectivity index (χ2v) is 7.91. The van der Waals surface area contributed by atoms with Gasteiger partial charge in [0, 0.05) is 25.7 Å². The molecule has 0 fully saturated rings. The van der Waals surface area contributed by atoms with Crippen LogP contribution in [0.2, 0.25) is 0 Å². The van der Waals surface area contributed by atoms with E-state index in [0.29, 0.717) is 25.3 Å². The van der Waals surface area contributed by atoms with Crippen LogP contribution >= 0.6 is 0 Å². The van der Waals surface area contributed by atoms with Crippen LogP contribution in [0.15, 0.2) is 66.9 Å². The van der Waals surface area contributed by atoms with Gasteiger partial charge in [-0.3, -0.25) is 9.78 Å². The van der Waals surface area contributed by atoms with E-state index in [0.717, 1.165) is 35.6 Å². The molecule has 0 aliphatic heterocycles. The quantitative estimate of drug-likeness (QED) is 0.399. The molecule has 0 radical (unpaired) electrons. The Labute approximate surface area is 188 Å². The van der Waals surface area contributed by atoms with Gasteiger partial charge in [0.15, 0.2) is 0 Å². The fourth-order valence-electron chi connectivity index (χ4n) is 3.87. The lowest BCUT2D eigenvalue weighted by Crippen LogP contribution is -2.27. The monoisotopic (exact) mass is 428 g/mol. The molecule has 0 saturated heterocycles. The van der Waals surface area contributed by atoms with Gasteiger partial charge in [0.25, 0.3) is 5.91 Å². The highest BCUT2D eigenvalue weighted by atomic mass is 16.5. The molecule has 0 aliphatic carbocycles. The number of hydrogen-bond acceptors (Lipinski definition) is 4. The van der Waals surface area contributed by atoms with Gasteiger partial charge in [-0.2, -0.15) is 0 Å². The van der Waals surface area contributed by atoms with Crippen LogP contribution in [-0.4, -0.2) is 33.6 Å². The zero-order valence-corrected chi connectivity index (χ0v) is 18.5. The number of hydrogen-bond donors (Lipinski definition) is 1. The third-order valence-corrected chi connectivity index (χ3v) is 5.26. The lowest BCUT2D eigenvalue weighted by atomic mass is 10.1. The predicted octanol–water partition coefficient (Wildman–Crippen LogP) is 4.49. The van der Waals surface area contributed by atoms with Crippen LogP contribution in [0.1, 0.15) is 33.9 Å². The maximum atomic E-state index is 12.3. The van der Waals surface area contributed by atoms with Crippen LogP contribution in [0, 0.1) is 13.8 Å². The summed E-state index contributed by atoms with van der Waals surface area (Å²) >= 11 is 0. The van der Waals surface area contributed by atoms with Crippen LogP contribution in [0.3, 0.4) is 0 Å². The summed E-state index contributed by atoms with van der Waals surface area (Å²) in [5.74, 6) is 1.70. The van der Waals surface area contributed by atoms with Gasteiger partial charge in [0.2, 0.25) is 0 Å². The van der Waals surface area contributed by atoms with Crippen molar-refractivity contribution in [3.63, 3.8) is 0 Å². The van der Waals surface area contributed by atoms with Crippen LogP contribution in [0.25, 0.3) is 11.0 Å². The van der Waals surface area contributed by atoms with Crippen molar-refractivity contribution in [2.24, 2.45) is 0 Å². The SMILES string of the molecule is Cc1cc(C)cc(OCCCn2c(CCNC(=O)c3ccccn3)nc3ccccc32)c1. The Bertz CT molecular complexity index is 1180. The first-order valence-electron chi connectivity index (χ1n) is 10.9. The van der Waals surface area contributed by atoms with Crippen molar-refractivity contribution < 1.29 is 9.53 Å². The fraction of sp³-hybridized carbons (Fsp3) is 0.269. The minimum atomic E-state index is -0.171. The second-order valence-electron chi connectivity index (χ2n) is 7.91. The largest absolute Gasteiger partial charge is 0.494 e. The van der Waals surface area contributed by atoms with E-state index in [1.807, 2.05) is 24.3 Å². The number of para-hydroxylation sites is 2. The summed E-state index contributed by atoms with van der Waals surface area (Å²) < 4.78 is 8.21. The van der Waals surface area contributed by atoms with Gasteiger partial charge in [-0.05, 0) is 67.8 Å². The number of fused-ring (bicyclic) bond motifs is 1. The molecule has 32 heavy (non-hydrogen) atoms. The van der Waals surface area contributed by atoms with Crippen LogP contribution in [0.4, 0.5) is 0 Å². The van der Waals surface area contributed by atoms with E-state index in [9.17, 15) is 4.79 Å². The number of aromatic nitrogens is 3. The van der Waals surface area contributed by atoms with Gasteiger partial charge in [0.05, 0.1) is 17.6 Å². The summed E-state index contributed by atoms with van der Waals surface area (Å²) in [5, 5.41) is 2.94. The smallest absolute Gasteiger partial charge is 0.269 e. The van der Waals surface area contributed by atoms with E-state index in [1.165, 1.54) is 11.1 Å². The van der Waals surface area contributed by atoms with Gasteiger partial charge in [-0.25, -0.2) is 4.98 Å². The first kappa shape index (κ1) is 21.6. The maximum Gasteiger partial charge on any atom is 0.269 e. The average Bonchev–Trinajstić information content (AvgIpc) is 3.14. The predicted molar refractivity (Wildman–Crippen MR) is 126 cm³/mol. The first-order valence-corrected chi connectivity index (χ1v) is 10.9. The third kappa shape index (κ3) is 5.32. The van der Waals surface area contributed by atoms with E-state index in [4.69, 9.17) is 9.72 Å². The van der Waals surface area contributed by atoms with Crippen LogP contribution < -0.4 is 10.1 Å². The molecular formula is C26H28N4O2. The molecule has 1 amide bonds. The molecule has 2 aromatic carbocycles. The number of benzene rings is 2. The lowest BCUT2D eigenvalue weighted by molar-refractivity contribution is 0.0949. The van der Waals surface area contributed by atoms with Gasteiger partial charge in [-0.1, -0.05) is 24.3 Å². The number of nitrogens with one attached hydrogen (secondary N) is 1. The molecular weight excluding hydrogens is 400 g/mol. The van der Waals surface area contributed by atoms with Crippen molar-refractivity contribution in [2.45, 2.75) is 33.2 Å². The summed E-state index contributed by atoms with van der Waals surface area (Å²) in [6, 6.07) is 19.7. The van der Waals surface area contributed by atoms with Crippen LogP contribution in [0.5, 0.6) is 5.75 Å². The number of rotatable bonds is 9. The van der Waals surface area contributed by atoms with Gasteiger partial charge >= 0.3 is 0 Å². The zero-order valence-electron chi connectivity index (χ0n) is 18.5. The number of ether oxygens (including phenoxy) is 1. The second kappa shape index (κ2) is 10.1. The molecule has 0 aliphatic rings. The summed E-state index contributed by atoms with van der Waals surface area (Å²) in [5.41, 5.74) is 4.90. The first-order chi connectivity index (χ1) is 15.6. The van der Waals surface area contributed by atoms with Gasteiger partial charge in [0.1, 0.15) is 17.3 Å².